The summed E-state index contributed by atoms with van der Waals surface area (Å²) in [5.41, 5.74) is 2.18. The van der Waals surface area contributed by atoms with Crippen LogP contribution in [0.3, 0.4) is 0 Å². The van der Waals surface area contributed by atoms with Crippen molar-refractivity contribution in [2.45, 2.75) is 17.5 Å². The van der Waals surface area contributed by atoms with Crippen molar-refractivity contribution in [2.24, 2.45) is 0 Å². The van der Waals surface area contributed by atoms with Crippen molar-refractivity contribution in [1.29, 1.82) is 0 Å². The number of nitrogens with zero attached hydrogens (tertiary/aromatic N) is 1. The van der Waals surface area contributed by atoms with Gasteiger partial charge in [0.1, 0.15) is 11.1 Å². The number of amides is 1. The molecule has 0 saturated heterocycles. The molecule has 1 atom stereocenters. The molecule has 0 aliphatic carbocycles. The third-order valence-corrected chi connectivity index (χ3v) is 7.60. The molecule has 1 aliphatic rings. The maximum absolute atomic E-state index is 13.3. The second-order valence-electron chi connectivity index (χ2n) is 8.43. The number of aromatic nitrogens is 1. The molecule has 35 heavy (non-hydrogen) atoms. The summed E-state index contributed by atoms with van der Waals surface area (Å²) in [7, 11) is -3.63. The van der Waals surface area contributed by atoms with Crippen molar-refractivity contribution in [3.63, 3.8) is 0 Å². The van der Waals surface area contributed by atoms with Gasteiger partial charge in [-0.3, -0.25) is 18.9 Å². The first-order valence-electron chi connectivity index (χ1n) is 11.0. The van der Waals surface area contributed by atoms with Crippen LogP contribution < -0.4 is 15.6 Å². The predicted molar refractivity (Wildman–Crippen MR) is 141 cm³/mol. The van der Waals surface area contributed by atoms with Crippen molar-refractivity contribution in [3.8, 4) is 0 Å². The monoisotopic (exact) mass is 505 g/mol. The lowest BCUT2D eigenvalue weighted by Crippen LogP contribution is -2.33. The van der Waals surface area contributed by atoms with Crippen LogP contribution in [-0.2, 0) is 21.2 Å². The Hall–Kier alpha value is -3.56. The van der Waals surface area contributed by atoms with Gasteiger partial charge in [0, 0.05) is 23.9 Å². The Labute approximate surface area is 207 Å². The Bertz CT molecular complexity index is 1590. The van der Waals surface area contributed by atoms with Gasteiger partial charge < -0.3 is 5.32 Å². The van der Waals surface area contributed by atoms with Crippen LogP contribution in [0.25, 0.3) is 10.8 Å². The second kappa shape index (κ2) is 9.24. The Morgan fingerprint density at radius 2 is 1.71 bits per heavy atom. The molecule has 4 aromatic rings. The first kappa shape index (κ1) is 23.2. The Morgan fingerprint density at radius 1 is 1.00 bits per heavy atom. The van der Waals surface area contributed by atoms with Crippen molar-refractivity contribution in [1.82, 2.24) is 4.57 Å². The van der Waals surface area contributed by atoms with Gasteiger partial charge in [-0.2, -0.15) is 0 Å². The quantitative estimate of drug-likeness (QED) is 0.408. The predicted octanol–water partition coefficient (Wildman–Crippen LogP) is 4.25. The number of para-hydroxylation sites is 1. The van der Waals surface area contributed by atoms with Gasteiger partial charge in [-0.15, -0.1) is 11.8 Å². The second-order valence-corrected chi connectivity index (χ2v) is 11.2. The van der Waals surface area contributed by atoms with Gasteiger partial charge in [0.05, 0.1) is 11.9 Å². The Morgan fingerprint density at radius 3 is 2.49 bits per heavy atom. The average molecular weight is 506 g/mol. The van der Waals surface area contributed by atoms with E-state index in [0.29, 0.717) is 34.1 Å². The lowest BCUT2D eigenvalue weighted by Gasteiger charge is -2.19. The average Bonchev–Trinajstić information content (AvgIpc) is 3.28. The van der Waals surface area contributed by atoms with Gasteiger partial charge in [-0.05, 0) is 34.0 Å². The number of fused-ring (bicyclic) bond motifs is 2. The number of sulfonamides is 1. The molecule has 0 bridgehead atoms. The maximum Gasteiger partial charge on any atom is 0.252 e. The summed E-state index contributed by atoms with van der Waals surface area (Å²) >= 11 is 1.30. The van der Waals surface area contributed by atoms with E-state index in [-0.39, 0.29) is 11.5 Å². The summed E-state index contributed by atoms with van der Waals surface area (Å²) in [6.45, 7) is 0. The molecule has 0 spiro atoms. The molecular formula is C26H23N3O4S2. The van der Waals surface area contributed by atoms with E-state index in [4.69, 9.17) is 0 Å². The molecule has 1 aliphatic heterocycles. The molecular weight excluding hydrogens is 482 g/mol. The Balaban J connectivity index is 1.58. The largest absolute Gasteiger partial charge is 0.324 e. The van der Waals surface area contributed by atoms with Gasteiger partial charge in [-0.25, -0.2) is 8.42 Å². The number of carbonyl (C=O) groups is 1. The van der Waals surface area contributed by atoms with Gasteiger partial charge in [0.15, 0.2) is 0 Å². The van der Waals surface area contributed by atoms with Crippen LogP contribution in [-0.4, -0.2) is 30.9 Å². The number of thioether (sulfide) groups is 1. The minimum atomic E-state index is -3.63. The Kier molecular flexibility index (Phi) is 6.12. The summed E-state index contributed by atoms with van der Waals surface area (Å²) in [5, 5.41) is 5.39. The van der Waals surface area contributed by atoms with E-state index < -0.39 is 16.1 Å². The lowest BCUT2D eigenvalue weighted by molar-refractivity contribution is -0.118. The molecule has 2 N–H and O–H groups in total. The first-order chi connectivity index (χ1) is 16.8. The third-order valence-electron chi connectivity index (χ3n) is 5.87. The molecule has 178 valence electrons. The summed E-state index contributed by atoms with van der Waals surface area (Å²) in [6.07, 6.45) is 1.44. The highest BCUT2D eigenvalue weighted by Gasteiger charge is 2.33. The highest BCUT2D eigenvalue weighted by Crippen LogP contribution is 2.40. The smallest absolute Gasteiger partial charge is 0.252 e. The van der Waals surface area contributed by atoms with Crippen molar-refractivity contribution in [3.05, 3.63) is 100 Å². The van der Waals surface area contributed by atoms with E-state index in [1.54, 1.807) is 12.1 Å². The number of carbonyl (C=O) groups excluding carboxylic acids is 1. The van der Waals surface area contributed by atoms with Gasteiger partial charge in [0.2, 0.25) is 15.9 Å². The number of hydrogen-bond donors (Lipinski definition) is 2. The van der Waals surface area contributed by atoms with Crippen LogP contribution >= 0.6 is 11.8 Å². The minimum absolute atomic E-state index is 0.323. The van der Waals surface area contributed by atoms with E-state index in [1.165, 1.54) is 22.4 Å². The highest BCUT2D eigenvalue weighted by atomic mass is 32.2. The fourth-order valence-electron chi connectivity index (χ4n) is 4.34. The molecule has 0 radical (unpaired) electrons. The SMILES string of the molecule is CS(=O)(=O)Nc1c(Cc2cccc3ccccc23)cc(=O)n2c1SC[C@H]2C(=O)Nc1ccccc1. The minimum Gasteiger partial charge on any atom is -0.324 e. The van der Waals surface area contributed by atoms with Crippen LogP contribution in [0.4, 0.5) is 11.4 Å². The van der Waals surface area contributed by atoms with E-state index >= 15 is 0 Å². The molecule has 0 unspecified atom stereocenters. The molecule has 1 amide bonds. The zero-order chi connectivity index (χ0) is 24.6. The summed E-state index contributed by atoms with van der Waals surface area (Å²) in [5.74, 6) is 0.000944. The van der Waals surface area contributed by atoms with Crippen molar-refractivity contribution < 1.29 is 13.2 Å². The molecule has 2 heterocycles. The molecule has 0 saturated carbocycles. The maximum atomic E-state index is 13.3. The van der Waals surface area contributed by atoms with Crippen LogP contribution in [0.15, 0.2) is 88.7 Å². The number of hydrogen-bond acceptors (Lipinski definition) is 5. The summed E-state index contributed by atoms with van der Waals surface area (Å²) < 4.78 is 28.6. The van der Waals surface area contributed by atoms with Crippen molar-refractivity contribution in [2.75, 3.05) is 22.0 Å². The summed E-state index contributed by atoms with van der Waals surface area (Å²) in [4.78, 5) is 26.3. The van der Waals surface area contributed by atoms with E-state index in [9.17, 15) is 18.0 Å². The molecule has 0 fully saturated rings. The van der Waals surface area contributed by atoms with E-state index in [2.05, 4.69) is 10.0 Å². The van der Waals surface area contributed by atoms with Crippen molar-refractivity contribution >= 4 is 49.8 Å². The lowest BCUT2D eigenvalue weighted by atomic mass is 9.98. The van der Waals surface area contributed by atoms with Crippen LogP contribution in [0.2, 0.25) is 0 Å². The number of anilines is 2. The fourth-order valence-corrected chi connectivity index (χ4v) is 6.31. The molecule has 3 aromatic carbocycles. The van der Waals surface area contributed by atoms with Crippen LogP contribution in [0.5, 0.6) is 0 Å². The van der Waals surface area contributed by atoms with E-state index in [0.717, 1.165) is 22.6 Å². The molecule has 5 rings (SSSR count). The standard InChI is InChI=1S/C26H23N3O4S2/c1-35(32,33)28-24-19(14-18-10-7-9-17-8-5-6-13-21(17)18)15-23(30)29-22(16-34-26(24)29)25(31)27-20-11-3-2-4-12-20/h2-13,15,22,28H,14,16H2,1H3,(H,27,31)/t22-/m0/s1. The molecule has 1 aromatic heterocycles. The van der Waals surface area contributed by atoms with Gasteiger partial charge in [-0.1, -0.05) is 60.7 Å². The normalized spacial score (nSPS) is 15.1. The molecule has 9 heteroatoms. The third kappa shape index (κ3) is 4.82. The van der Waals surface area contributed by atoms with Crippen LogP contribution in [0, 0.1) is 0 Å². The number of benzene rings is 3. The number of nitrogens with one attached hydrogen (secondary N) is 2. The highest BCUT2D eigenvalue weighted by molar-refractivity contribution is 7.99. The fraction of sp³-hybridized carbons (Fsp3) is 0.154. The zero-order valence-electron chi connectivity index (χ0n) is 18.9. The van der Waals surface area contributed by atoms with E-state index in [1.807, 2.05) is 60.7 Å². The number of rotatable bonds is 6. The topological polar surface area (TPSA) is 97.3 Å². The number of pyridine rings is 1. The zero-order valence-corrected chi connectivity index (χ0v) is 20.5. The summed E-state index contributed by atoms with van der Waals surface area (Å²) in [6, 6.07) is 23.6. The van der Waals surface area contributed by atoms with Gasteiger partial charge in [0.25, 0.3) is 5.56 Å². The first-order valence-corrected chi connectivity index (χ1v) is 13.9. The molecule has 7 nitrogen and oxygen atoms in total. The van der Waals surface area contributed by atoms with Gasteiger partial charge >= 0.3 is 0 Å². The van der Waals surface area contributed by atoms with Crippen LogP contribution in [0.1, 0.15) is 17.2 Å².